The first-order valence-electron chi connectivity index (χ1n) is 20.6. The zero-order valence-electron chi connectivity index (χ0n) is 35.5. The number of nitrogens with zero attached hydrogens (tertiary/aromatic N) is 3. The summed E-state index contributed by atoms with van der Waals surface area (Å²) in [6.07, 6.45) is 3.18. The molecule has 0 unspecified atom stereocenters. The Morgan fingerprint density at radius 2 is 1.48 bits per heavy atom. The molecule has 10 aromatic rings. The molecule has 0 N–H and O–H groups in total. The molecule has 4 nitrogen and oxygen atoms in total. The Balaban J connectivity index is 0.000000166. The van der Waals surface area contributed by atoms with Gasteiger partial charge in [0, 0.05) is 42.1 Å². The summed E-state index contributed by atoms with van der Waals surface area (Å²) >= 11 is 1.83. The van der Waals surface area contributed by atoms with Crippen LogP contribution in [-0.2, 0) is 31.9 Å². The van der Waals surface area contributed by atoms with Gasteiger partial charge in [-0.1, -0.05) is 143 Å². The Morgan fingerprint density at radius 1 is 0.767 bits per heavy atom. The molecule has 0 bridgehead atoms. The fraction of sp³-hybridized carbons (Fsp3) is 0.208. The minimum atomic E-state index is -1.44. The second-order valence-electron chi connectivity index (χ2n) is 18.0. The van der Waals surface area contributed by atoms with Crippen LogP contribution in [-0.4, -0.2) is 22.6 Å². The van der Waals surface area contributed by atoms with Crippen LogP contribution in [0.4, 0.5) is 0 Å². The van der Waals surface area contributed by atoms with E-state index in [1.54, 1.807) is 0 Å². The number of pyridine rings is 1. The Kier molecular flexibility index (Phi) is 11.3. The molecule has 0 saturated heterocycles. The largest absolute Gasteiger partial charge is 0.501 e. The van der Waals surface area contributed by atoms with E-state index in [1.807, 2.05) is 35.6 Å². The first-order chi connectivity index (χ1) is 28.3. The summed E-state index contributed by atoms with van der Waals surface area (Å²) < 4.78 is 11.0. The number of furan rings is 1. The number of imidazole rings is 1. The van der Waals surface area contributed by atoms with Crippen molar-refractivity contribution in [2.75, 3.05) is 0 Å². The van der Waals surface area contributed by atoms with Crippen molar-refractivity contribution in [2.24, 2.45) is 5.92 Å². The van der Waals surface area contributed by atoms with E-state index in [0.29, 0.717) is 5.92 Å². The number of para-hydroxylation sites is 3. The number of thiophene rings is 1. The third-order valence-electron chi connectivity index (χ3n) is 11.1. The van der Waals surface area contributed by atoms with Gasteiger partial charge in [0.25, 0.3) is 0 Å². The van der Waals surface area contributed by atoms with Gasteiger partial charge in [-0.15, -0.1) is 42.0 Å². The fourth-order valence-electron chi connectivity index (χ4n) is 8.17. The van der Waals surface area contributed by atoms with Gasteiger partial charge >= 0.3 is 0 Å². The van der Waals surface area contributed by atoms with Crippen LogP contribution in [0.15, 0.2) is 138 Å². The maximum atomic E-state index is 6.19. The smallest absolute Gasteiger partial charge is 0.120 e. The zero-order chi connectivity index (χ0) is 41.1. The molecule has 4 aromatic heterocycles. The molecule has 0 amide bonds. The summed E-state index contributed by atoms with van der Waals surface area (Å²) in [7, 11) is -1.44. The molecule has 7 heteroatoms. The van der Waals surface area contributed by atoms with Crippen LogP contribution < -0.4 is 5.19 Å². The van der Waals surface area contributed by atoms with Crippen LogP contribution in [0.2, 0.25) is 19.6 Å². The van der Waals surface area contributed by atoms with Gasteiger partial charge in [-0.25, -0.2) is 0 Å². The number of hydrogen-bond donors (Lipinski definition) is 0. The van der Waals surface area contributed by atoms with E-state index in [1.165, 1.54) is 36.5 Å². The van der Waals surface area contributed by atoms with Crippen molar-refractivity contribution in [1.29, 1.82) is 0 Å². The van der Waals surface area contributed by atoms with Gasteiger partial charge in [-0.05, 0) is 80.7 Å². The topological polar surface area (TPSA) is 43.9 Å². The minimum absolute atomic E-state index is 0. The average molecular weight is 996 g/mol. The molecule has 0 atom stereocenters. The average Bonchev–Trinajstić information content (AvgIpc) is 3.91. The first kappa shape index (κ1) is 41.6. The van der Waals surface area contributed by atoms with Gasteiger partial charge < -0.3 is 14.0 Å². The zero-order valence-corrected chi connectivity index (χ0v) is 39.7. The standard InChI is InChI=1S/C29H23N2S.C24H26NOSi.Ir/c1-29(2,3)20-13-15-21(16-14-20)31-25-10-6-5-9-24(25)30-28(31)19-12-17-23-22-8-4-7-11-26(22)32-27(23)18-19;1-16(2)13-17-14-21(25-15-23(17)27(3,4)5)20-11-8-10-19-18-9-6-7-12-22(18)26-24(19)20;/h4-11,13-18H,1-3H3;6-10,12,14-16H,13H2,1-5H3;/q2*-1;. The molecular weight excluding hydrogens is 947 g/mol. The van der Waals surface area contributed by atoms with Crippen molar-refractivity contribution >= 4 is 77.7 Å². The second kappa shape index (κ2) is 16.4. The third-order valence-corrected chi connectivity index (χ3v) is 14.3. The summed E-state index contributed by atoms with van der Waals surface area (Å²) in [6, 6.07) is 51.6. The molecule has 4 heterocycles. The van der Waals surface area contributed by atoms with Crippen LogP contribution in [0.5, 0.6) is 0 Å². The molecule has 0 aliphatic carbocycles. The van der Waals surface area contributed by atoms with E-state index in [2.05, 4.69) is 180 Å². The Labute approximate surface area is 371 Å². The molecule has 0 spiro atoms. The van der Waals surface area contributed by atoms with Crippen molar-refractivity contribution in [3.63, 3.8) is 0 Å². The molecule has 1 radical (unpaired) electrons. The number of benzene rings is 6. The van der Waals surface area contributed by atoms with Crippen molar-refractivity contribution in [1.82, 2.24) is 14.5 Å². The van der Waals surface area contributed by atoms with Crippen LogP contribution in [0.3, 0.4) is 0 Å². The van der Waals surface area contributed by atoms with Crippen molar-refractivity contribution in [2.45, 2.75) is 66.1 Å². The van der Waals surface area contributed by atoms with E-state index in [9.17, 15) is 0 Å². The quantitative estimate of drug-likeness (QED) is 0.123. The van der Waals surface area contributed by atoms with Crippen LogP contribution in [0.25, 0.3) is 81.5 Å². The van der Waals surface area contributed by atoms with Crippen LogP contribution in [0.1, 0.15) is 45.7 Å². The number of rotatable bonds is 6. The maximum Gasteiger partial charge on any atom is 0.120 e. The molecule has 0 aliphatic rings. The van der Waals surface area contributed by atoms with Gasteiger partial charge in [-0.2, -0.15) is 11.3 Å². The summed E-state index contributed by atoms with van der Waals surface area (Å²) in [6.45, 7) is 18.5. The van der Waals surface area contributed by atoms with Crippen LogP contribution in [0, 0.1) is 18.1 Å². The van der Waals surface area contributed by atoms with Gasteiger partial charge in [0.05, 0.1) is 30.5 Å². The molecule has 303 valence electrons. The second-order valence-corrected chi connectivity index (χ2v) is 24.2. The van der Waals surface area contributed by atoms with Gasteiger partial charge in [0.1, 0.15) is 5.58 Å². The van der Waals surface area contributed by atoms with Crippen LogP contribution >= 0.6 is 11.3 Å². The maximum absolute atomic E-state index is 6.19. The third kappa shape index (κ3) is 7.92. The molecule has 6 aromatic carbocycles. The van der Waals surface area contributed by atoms with Crippen molar-refractivity contribution < 1.29 is 24.5 Å². The minimum Gasteiger partial charge on any atom is -0.501 e. The Hall–Kier alpha value is -5.17. The predicted molar refractivity (Wildman–Crippen MR) is 254 cm³/mol. The Morgan fingerprint density at radius 3 is 2.23 bits per heavy atom. The molecule has 60 heavy (non-hydrogen) atoms. The van der Waals surface area contributed by atoms with E-state index >= 15 is 0 Å². The molecule has 10 rings (SSSR count). The van der Waals surface area contributed by atoms with E-state index < -0.39 is 8.07 Å². The van der Waals surface area contributed by atoms with E-state index in [4.69, 9.17) is 14.4 Å². The summed E-state index contributed by atoms with van der Waals surface area (Å²) in [5.41, 5.74) is 10.8. The molecule has 0 fully saturated rings. The van der Waals surface area contributed by atoms with Gasteiger partial charge in [0.15, 0.2) is 0 Å². The molecule has 0 aliphatic heterocycles. The predicted octanol–water partition coefficient (Wildman–Crippen LogP) is 14.3. The fourth-order valence-corrected chi connectivity index (χ4v) is 10.9. The number of fused-ring (bicyclic) bond motifs is 7. The summed E-state index contributed by atoms with van der Waals surface area (Å²) in [5, 5.41) is 6.27. The summed E-state index contributed by atoms with van der Waals surface area (Å²) in [4.78, 5) is 9.87. The summed E-state index contributed by atoms with van der Waals surface area (Å²) in [5.74, 6) is 1.54. The normalized spacial score (nSPS) is 12.1. The number of hydrogen-bond acceptors (Lipinski definition) is 4. The SMILES string of the molecule is CC(C)(C)c1ccc(-n2c(-c3[c-]cc4c(c3)sc3ccccc34)nc3ccccc32)cc1.CC(C)Cc1cc(-c2[c-]ccc3c2oc2ccccc23)ncc1[Si](C)(C)C.[Ir]. The van der Waals surface area contributed by atoms with Crippen molar-refractivity contribution in [3.8, 4) is 28.3 Å². The monoisotopic (exact) mass is 996 g/mol. The van der Waals surface area contributed by atoms with Crippen molar-refractivity contribution in [3.05, 3.63) is 157 Å². The molecule has 0 saturated carbocycles. The number of aromatic nitrogens is 3. The first-order valence-corrected chi connectivity index (χ1v) is 24.9. The van der Waals surface area contributed by atoms with E-state index in [0.717, 1.165) is 67.7 Å². The Bertz CT molecular complexity index is 3140. The molecular formula is C53H49IrN3OSSi-2. The van der Waals surface area contributed by atoms with Gasteiger partial charge in [0.2, 0.25) is 0 Å². The van der Waals surface area contributed by atoms with Gasteiger partial charge in [-0.3, -0.25) is 4.98 Å². The van der Waals surface area contributed by atoms with E-state index in [-0.39, 0.29) is 25.5 Å².